The molecule has 0 aliphatic carbocycles. The highest BCUT2D eigenvalue weighted by Gasteiger charge is 2.27. The van der Waals surface area contributed by atoms with Crippen LogP contribution in [0.3, 0.4) is 0 Å². The number of hydrogen-bond donors (Lipinski definition) is 2. The van der Waals surface area contributed by atoms with Crippen LogP contribution in [0.1, 0.15) is 34.8 Å². The minimum Gasteiger partial charge on any atom is -0.421 e. The lowest BCUT2D eigenvalue weighted by atomic mass is 10.1. The van der Waals surface area contributed by atoms with Gasteiger partial charge in [-0.05, 0) is 37.3 Å². The lowest BCUT2D eigenvalue weighted by Gasteiger charge is -2.10. The number of nitrogens with two attached hydrogens (primary N) is 1. The first kappa shape index (κ1) is 19.6. The SMILES string of the molecule is Cc1nnc([C@](C)(O)C#Cc2cccc(-n3nc(C(N)=O)c4ccc(Cl)nc43)c2)o1. The van der Waals surface area contributed by atoms with Crippen LogP contribution in [0.2, 0.25) is 5.15 Å². The number of fused-ring (bicyclic) bond motifs is 1. The molecule has 0 radical (unpaired) electrons. The van der Waals surface area contributed by atoms with Gasteiger partial charge in [-0.15, -0.1) is 10.2 Å². The van der Waals surface area contributed by atoms with Gasteiger partial charge in [0.15, 0.2) is 11.3 Å². The number of benzene rings is 1. The summed E-state index contributed by atoms with van der Waals surface area (Å²) < 4.78 is 6.73. The summed E-state index contributed by atoms with van der Waals surface area (Å²) >= 11 is 6.02. The fourth-order valence-electron chi connectivity index (χ4n) is 2.79. The van der Waals surface area contributed by atoms with E-state index in [-0.39, 0.29) is 16.7 Å². The molecule has 0 unspecified atom stereocenters. The molecule has 3 aromatic heterocycles. The number of pyridine rings is 1. The largest absolute Gasteiger partial charge is 0.421 e. The van der Waals surface area contributed by atoms with E-state index in [2.05, 4.69) is 32.1 Å². The molecule has 3 N–H and O–H groups in total. The van der Waals surface area contributed by atoms with Gasteiger partial charge in [0.2, 0.25) is 11.5 Å². The first-order chi connectivity index (χ1) is 14.2. The second-order valence-electron chi connectivity index (χ2n) is 6.63. The third-order valence-electron chi connectivity index (χ3n) is 4.21. The Kier molecular flexibility index (Phi) is 4.73. The Balaban J connectivity index is 1.77. The van der Waals surface area contributed by atoms with Gasteiger partial charge in [0, 0.05) is 12.5 Å². The van der Waals surface area contributed by atoms with Gasteiger partial charge in [0.25, 0.3) is 11.8 Å². The highest BCUT2D eigenvalue weighted by atomic mass is 35.5. The van der Waals surface area contributed by atoms with Crippen molar-refractivity contribution in [3.8, 4) is 17.5 Å². The predicted octanol–water partition coefficient (Wildman–Crippen LogP) is 2.12. The van der Waals surface area contributed by atoms with Gasteiger partial charge >= 0.3 is 0 Å². The monoisotopic (exact) mass is 422 g/mol. The van der Waals surface area contributed by atoms with Crippen LogP contribution in [0.5, 0.6) is 0 Å². The van der Waals surface area contributed by atoms with Gasteiger partial charge in [0.1, 0.15) is 5.15 Å². The molecule has 4 rings (SSSR count). The minimum absolute atomic E-state index is 0.00617. The second-order valence-corrected chi connectivity index (χ2v) is 7.02. The summed E-state index contributed by atoms with van der Waals surface area (Å²) in [7, 11) is 0. The van der Waals surface area contributed by atoms with Crippen LogP contribution in [0.25, 0.3) is 16.7 Å². The maximum absolute atomic E-state index is 11.8. The van der Waals surface area contributed by atoms with Crippen LogP contribution in [0, 0.1) is 18.8 Å². The van der Waals surface area contributed by atoms with E-state index >= 15 is 0 Å². The summed E-state index contributed by atoms with van der Waals surface area (Å²) in [5.74, 6) is 5.27. The van der Waals surface area contributed by atoms with Crippen LogP contribution < -0.4 is 5.73 Å². The van der Waals surface area contributed by atoms with E-state index < -0.39 is 11.5 Å². The van der Waals surface area contributed by atoms with Crippen LogP contribution in [0.15, 0.2) is 40.8 Å². The van der Waals surface area contributed by atoms with Crippen LogP contribution >= 0.6 is 11.6 Å². The number of rotatable bonds is 3. The standard InChI is InChI=1S/C20H15ClN6O3/c1-11-24-25-19(30-11)20(2,29)9-8-12-4-3-5-13(10-12)27-18-14(6-7-15(21)23-18)16(26-27)17(22)28/h3-7,10,29H,1-2H3,(H2,22,28)/t20-/m1/s1. The fourth-order valence-corrected chi connectivity index (χ4v) is 2.93. The van der Waals surface area contributed by atoms with E-state index in [1.54, 1.807) is 43.3 Å². The number of hydrogen-bond acceptors (Lipinski definition) is 7. The number of aromatic nitrogens is 5. The zero-order chi connectivity index (χ0) is 21.5. The summed E-state index contributed by atoms with van der Waals surface area (Å²) in [6.45, 7) is 3.08. The smallest absolute Gasteiger partial charge is 0.269 e. The third kappa shape index (κ3) is 3.61. The Morgan fingerprint density at radius 3 is 2.80 bits per heavy atom. The molecule has 4 aromatic rings. The van der Waals surface area contributed by atoms with Gasteiger partial charge in [-0.2, -0.15) is 5.10 Å². The molecule has 0 bridgehead atoms. The summed E-state index contributed by atoms with van der Waals surface area (Å²) in [6, 6.07) is 10.2. The maximum atomic E-state index is 11.8. The number of carbonyl (C=O) groups is 1. The molecule has 0 spiro atoms. The normalized spacial score (nSPS) is 12.9. The number of amides is 1. The Labute approximate surface area is 175 Å². The average Bonchev–Trinajstić information content (AvgIpc) is 3.31. The van der Waals surface area contributed by atoms with Crippen molar-refractivity contribution in [2.45, 2.75) is 19.4 Å². The van der Waals surface area contributed by atoms with Crippen molar-refractivity contribution in [2.75, 3.05) is 0 Å². The molecule has 150 valence electrons. The van der Waals surface area contributed by atoms with Gasteiger partial charge in [0.05, 0.1) is 11.1 Å². The van der Waals surface area contributed by atoms with Crippen LogP contribution in [-0.2, 0) is 5.60 Å². The molecule has 0 fully saturated rings. The number of primary amides is 1. The zero-order valence-electron chi connectivity index (χ0n) is 15.9. The van der Waals surface area contributed by atoms with E-state index in [0.29, 0.717) is 28.2 Å². The van der Waals surface area contributed by atoms with Gasteiger partial charge in [-0.1, -0.05) is 29.5 Å². The van der Waals surface area contributed by atoms with Gasteiger partial charge in [-0.25, -0.2) is 9.67 Å². The summed E-state index contributed by atoms with van der Waals surface area (Å²) in [5, 5.41) is 23.1. The van der Waals surface area contributed by atoms with Crippen LogP contribution in [-0.4, -0.2) is 36.0 Å². The van der Waals surface area contributed by atoms with Gasteiger partial charge < -0.3 is 15.3 Å². The molecule has 0 aliphatic heterocycles. The number of halogens is 1. The van der Waals surface area contributed by atoms with Crippen molar-refractivity contribution in [1.82, 2.24) is 25.0 Å². The molecule has 1 atom stereocenters. The van der Waals surface area contributed by atoms with Crippen molar-refractivity contribution in [2.24, 2.45) is 5.73 Å². The third-order valence-corrected chi connectivity index (χ3v) is 4.42. The highest BCUT2D eigenvalue weighted by Crippen LogP contribution is 2.23. The molecule has 9 nitrogen and oxygen atoms in total. The molecule has 1 aromatic carbocycles. The number of aryl methyl sites for hydroxylation is 1. The minimum atomic E-state index is -1.62. The summed E-state index contributed by atoms with van der Waals surface area (Å²) in [5.41, 5.74) is 5.46. The summed E-state index contributed by atoms with van der Waals surface area (Å²) in [4.78, 5) is 16.0. The topological polar surface area (TPSA) is 133 Å². The molecule has 30 heavy (non-hydrogen) atoms. The average molecular weight is 423 g/mol. The first-order valence-corrected chi connectivity index (χ1v) is 9.14. The zero-order valence-corrected chi connectivity index (χ0v) is 16.7. The highest BCUT2D eigenvalue weighted by molar-refractivity contribution is 6.29. The van der Waals surface area contributed by atoms with E-state index in [1.807, 2.05) is 0 Å². The van der Waals surface area contributed by atoms with E-state index in [0.717, 1.165) is 0 Å². The number of nitrogens with zero attached hydrogens (tertiary/aromatic N) is 5. The van der Waals surface area contributed by atoms with Crippen molar-refractivity contribution in [1.29, 1.82) is 0 Å². The van der Waals surface area contributed by atoms with E-state index in [1.165, 1.54) is 11.6 Å². The van der Waals surface area contributed by atoms with Crippen LogP contribution in [0.4, 0.5) is 0 Å². The molecule has 0 saturated carbocycles. The number of aliphatic hydroxyl groups is 1. The molecule has 1 amide bonds. The maximum Gasteiger partial charge on any atom is 0.269 e. The molecule has 0 saturated heterocycles. The first-order valence-electron chi connectivity index (χ1n) is 8.76. The fraction of sp³-hybridized carbons (Fsp3) is 0.150. The molecular formula is C20H15ClN6O3. The molecular weight excluding hydrogens is 408 g/mol. The number of carbonyl (C=O) groups excluding carboxylic acids is 1. The second kappa shape index (κ2) is 7.26. The van der Waals surface area contributed by atoms with E-state index in [9.17, 15) is 9.90 Å². The summed E-state index contributed by atoms with van der Waals surface area (Å²) in [6.07, 6.45) is 0. The van der Waals surface area contributed by atoms with Crippen molar-refractivity contribution >= 4 is 28.5 Å². The Hall–Kier alpha value is -3.74. The quantitative estimate of drug-likeness (QED) is 0.381. The molecule has 10 heteroatoms. The molecule has 0 aliphatic rings. The predicted molar refractivity (Wildman–Crippen MR) is 108 cm³/mol. The van der Waals surface area contributed by atoms with Crippen molar-refractivity contribution < 1.29 is 14.3 Å². The van der Waals surface area contributed by atoms with Gasteiger partial charge in [-0.3, -0.25) is 4.79 Å². The Bertz CT molecular complexity index is 1350. The lowest BCUT2D eigenvalue weighted by molar-refractivity contribution is 0.0881. The molecule has 3 heterocycles. The van der Waals surface area contributed by atoms with Crippen molar-refractivity contribution in [3.63, 3.8) is 0 Å². The lowest BCUT2D eigenvalue weighted by Crippen LogP contribution is -2.19. The van der Waals surface area contributed by atoms with Crippen molar-refractivity contribution in [3.05, 3.63) is 64.6 Å². The Morgan fingerprint density at radius 2 is 2.10 bits per heavy atom. The van der Waals surface area contributed by atoms with E-state index in [4.69, 9.17) is 21.8 Å². The Morgan fingerprint density at radius 1 is 1.30 bits per heavy atom.